The van der Waals surface area contributed by atoms with Crippen LogP contribution in [0.2, 0.25) is 0 Å². The molecule has 4 nitrogen and oxygen atoms in total. The third-order valence-electron chi connectivity index (χ3n) is 3.63. The quantitative estimate of drug-likeness (QED) is 0.875. The summed E-state index contributed by atoms with van der Waals surface area (Å²) in [6, 6.07) is 0. The molecule has 120 valence electrons. The maximum Gasteiger partial charge on any atom is 0.186 e. The average molecular weight is 311 g/mol. The zero-order chi connectivity index (χ0) is 15.5. The smallest absolute Gasteiger partial charge is 0.186 e. The zero-order valence-electron chi connectivity index (χ0n) is 14.0. The van der Waals surface area contributed by atoms with Crippen molar-refractivity contribution in [3.8, 4) is 0 Å². The molecule has 1 aromatic rings. The number of ether oxygens (including phenoxy) is 1. The summed E-state index contributed by atoms with van der Waals surface area (Å²) in [5.41, 5.74) is 1.17. The SMILES string of the molecule is CCCc1nc(N2CC(C)OC(C)(C)C2)sc1CNCC. The maximum absolute atomic E-state index is 6.00. The first-order valence-corrected chi connectivity index (χ1v) is 8.89. The Labute approximate surface area is 132 Å². The van der Waals surface area contributed by atoms with E-state index >= 15 is 0 Å². The molecule has 1 saturated heterocycles. The summed E-state index contributed by atoms with van der Waals surface area (Å²) in [7, 11) is 0. The highest BCUT2D eigenvalue weighted by molar-refractivity contribution is 7.15. The van der Waals surface area contributed by atoms with Gasteiger partial charge in [0.15, 0.2) is 5.13 Å². The van der Waals surface area contributed by atoms with Crippen molar-refractivity contribution < 1.29 is 4.74 Å². The summed E-state index contributed by atoms with van der Waals surface area (Å²) >= 11 is 1.85. The largest absolute Gasteiger partial charge is 0.369 e. The van der Waals surface area contributed by atoms with Crippen LogP contribution in [0.15, 0.2) is 0 Å². The van der Waals surface area contributed by atoms with E-state index in [1.807, 2.05) is 11.3 Å². The summed E-state index contributed by atoms with van der Waals surface area (Å²) < 4.78 is 6.00. The van der Waals surface area contributed by atoms with Crippen molar-refractivity contribution >= 4 is 16.5 Å². The van der Waals surface area contributed by atoms with Gasteiger partial charge in [0.2, 0.25) is 0 Å². The number of nitrogens with one attached hydrogen (secondary N) is 1. The molecular formula is C16H29N3OS. The molecule has 1 aliphatic heterocycles. The number of anilines is 1. The number of hydrogen-bond acceptors (Lipinski definition) is 5. The molecule has 2 rings (SSSR count). The predicted molar refractivity (Wildman–Crippen MR) is 90.3 cm³/mol. The van der Waals surface area contributed by atoms with Gasteiger partial charge in [-0.15, -0.1) is 11.3 Å². The fraction of sp³-hybridized carbons (Fsp3) is 0.812. The molecule has 0 spiro atoms. The zero-order valence-corrected chi connectivity index (χ0v) is 14.8. The van der Waals surface area contributed by atoms with Crippen molar-refractivity contribution in [2.75, 3.05) is 24.5 Å². The Kier molecular flexibility index (Phi) is 5.63. The molecule has 1 atom stereocenters. The van der Waals surface area contributed by atoms with E-state index in [-0.39, 0.29) is 11.7 Å². The Balaban J connectivity index is 2.18. The van der Waals surface area contributed by atoms with E-state index in [1.165, 1.54) is 10.6 Å². The van der Waals surface area contributed by atoms with Crippen LogP contribution >= 0.6 is 11.3 Å². The summed E-state index contributed by atoms with van der Waals surface area (Å²) in [6.45, 7) is 14.6. The van der Waals surface area contributed by atoms with Crippen LogP contribution in [-0.4, -0.2) is 36.3 Å². The van der Waals surface area contributed by atoms with Crippen molar-refractivity contribution in [1.29, 1.82) is 0 Å². The van der Waals surface area contributed by atoms with Crippen molar-refractivity contribution in [3.05, 3.63) is 10.6 Å². The lowest BCUT2D eigenvalue weighted by Crippen LogP contribution is -2.52. The van der Waals surface area contributed by atoms with Gasteiger partial charge in [0, 0.05) is 24.5 Å². The molecule has 0 radical (unpaired) electrons. The molecule has 0 aromatic carbocycles. The van der Waals surface area contributed by atoms with Gasteiger partial charge in [0.25, 0.3) is 0 Å². The molecule has 21 heavy (non-hydrogen) atoms. The van der Waals surface area contributed by atoms with E-state index in [9.17, 15) is 0 Å². The van der Waals surface area contributed by atoms with Crippen LogP contribution in [0.5, 0.6) is 0 Å². The van der Waals surface area contributed by atoms with Gasteiger partial charge in [-0.2, -0.15) is 0 Å². The predicted octanol–water partition coefficient (Wildman–Crippen LogP) is 3.21. The summed E-state index contributed by atoms with van der Waals surface area (Å²) in [6.07, 6.45) is 2.47. The summed E-state index contributed by atoms with van der Waals surface area (Å²) in [4.78, 5) is 8.72. The van der Waals surface area contributed by atoms with E-state index in [0.29, 0.717) is 0 Å². The lowest BCUT2D eigenvalue weighted by Gasteiger charge is -2.41. The normalized spacial score (nSPS) is 21.8. The van der Waals surface area contributed by atoms with Crippen LogP contribution in [0.3, 0.4) is 0 Å². The van der Waals surface area contributed by atoms with Gasteiger partial charge >= 0.3 is 0 Å². The standard InChI is InChI=1S/C16H29N3OS/c1-6-8-13-14(9-17-7-2)21-15(18-13)19-10-12(3)20-16(4,5)11-19/h12,17H,6-11H2,1-5H3. The van der Waals surface area contributed by atoms with Crippen molar-refractivity contribution in [1.82, 2.24) is 10.3 Å². The Morgan fingerprint density at radius 2 is 2.19 bits per heavy atom. The van der Waals surface area contributed by atoms with Gasteiger partial charge in [-0.3, -0.25) is 0 Å². The van der Waals surface area contributed by atoms with E-state index in [4.69, 9.17) is 9.72 Å². The lowest BCUT2D eigenvalue weighted by atomic mass is 10.1. The highest BCUT2D eigenvalue weighted by Crippen LogP contribution is 2.31. The lowest BCUT2D eigenvalue weighted by molar-refractivity contribution is -0.0749. The number of rotatable bonds is 6. The molecule has 5 heteroatoms. The second-order valence-electron chi connectivity index (χ2n) is 6.47. The van der Waals surface area contributed by atoms with E-state index in [0.717, 1.165) is 44.2 Å². The first-order chi connectivity index (χ1) is 9.95. The fourth-order valence-electron chi connectivity index (χ4n) is 2.91. The third-order valence-corrected chi connectivity index (χ3v) is 4.79. The number of hydrogen-bond donors (Lipinski definition) is 1. The van der Waals surface area contributed by atoms with E-state index in [1.54, 1.807) is 0 Å². The average Bonchev–Trinajstić information content (AvgIpc) is 2.78. The van der Waals surface area contributed by atoms with Crippen LogP contribution in [0.25, 0.3) is 0 Å². The molecule has 0 amide bonds. The van der Waals surface area contributed by atoms with Gasteiger partial charge in [0.1, 0.15) is 0 Å². The van der Waals surface area contributed by atoms with E-state index < -0.39 is 0 Å². The molecule has 0 bridgehead atoms. The molecule has 1 unspecified atom stereocenters. The van der Waals surface area contributed by atoms with Crippen LogP contribution in [0.4, 0.5) is 5.13 Å². The van der Waals surface area contributed by atoms with Crippen molar-refractivity contribution in [2.45, 2.75) is 65.7 Å². The summed E-state index contributed by atoms with van der Waals surface area (Å²) in [5.74, 6) is 0. The minimum Gasteiger partial charge on any atom is -0.369 e. The number of nitrogens with zero attached hydrogens (tertiary/aromatic N) is 2. The first-order valence-electron chi connectivity index (χ1n) is 8.07. The third kappa shape index (κ3) is 4.41. The topological polar surface area (TPSA) is 37.4 Å². The first kappa shape index (κ1) is 16.7. The van der Waals surface area contributed by atoms with Gasteiger partial charge in [-0.25, -0.2) is 4.98 Å². The second-order valence-corrected chi connectivity index (χ2v) is 7.53. The Hall–Kier alpha value is -0.650. The van der Waals surface area contributed by atoms with Gasteiger partial charge in [-0.1, -0.05) is 20.3 Å². The number of morpholine rings is 1. The van der Waals surface area contributed by atoms with Gasteiger partial charge in [-0.05, 0) is 33.7 Å². The number of aryl methyl sites for hydroxylation is 1. The molecule has 1 aromatic heterocycles. The maximum atomic E-state index is 6.00. The highest BCUT2D eigenvalue weighted by atomic mass is 32.1. The Morgan fingerprint density at radius 3 is 2.81 bits per heavy atom. The molecule has 1 N–H and O–H groups in total. The Morgan fingerprint density at radius 1 is 1.43 bits per heavy atom. The molecular weight excluding hydrogens is 282 g/mol. The Bertz CT molecular complexity index is 458. The van der Waals surface area contributed by atoms with Crippen molar-refractivity contribution in [2.24, 2.45) is 0 Å². The highest BCUT2D eigenvalue weighted by Gasteiger charge is 2.33. The molecule has 1 fully saturated rings. The number of thiazole rings is 1. The van der Waals surface area contributed by atoms with Gasteiger partial charge < -0.3 is 15.0 Å². The molecule has 1 aliphatic rings. The number of aromatic nitrogens is 1. The van der Waals surface area contributed by atoms with Crippen LogP contribution in [0, 0.1) is 0 Å². The van der Waals surface area contributed by atoms with E-state index in [2.05, 4.69) is 44.8 Å². The monoisotopic (exact) mass is 311 g/mol. The van der Waals surface area contributed by atoms with Gasteiger partial charge in [0.05, 0.1) is 17.4 Å². The molecule has 2 heterocycles. The fourth-order valence-corrected chi connectivity index (χ4v) is 4.00. The van der Waals surface area contributed by atoms with Crippen LogP contribution < -0.4 is 10.2 Å². The minimum atomic E-state index is -0.101. The molecule has 0 saturated carbocycles. The minimum absolute atomic E-state index is 0.101. The second kappa shape index (κ2) is 7.07. The van der Waals surface area contributed by atoms with Crippen LogP contribution in [0.1, 0.15) is 51.6 Å². The van der Waals surface area contributed by atoms with Crippen LogP contribution in [-0.2, 0) is 17.7 Å². The van der Waals surface area contributed by atoms with Crippen molar-refractivity contribution in [3.63, 3.8) is 0 Å². The summed E-state index contributed by atoms with van der Waals surface area (Å²) in [5, 5.41) is 4.59. The molecule has 0 aliphatic carbocycles.